The number of amides is 1. The normalized spacial score (nSPS) is 38.2. The summed E-state index contributed by atoms with van der Waals surface area (Å²) in [6, 6.07) is 0. The molecule has 1 aliphatic carbocycles. The number of morpholine rings is 2. The molecule has 3 saturated heterocycles. The topological polar surface area (TPSA) is 42.0 Å². The van der Waals surface area contributed by atoms with Crippen molar-refractivity contribution in [2.45, 2.75) is 31.5 Å². The van der Waals surface area contributed by atoms with Crippen LogP contribution >= 0.6 is 0 Å². The predicted molar refractivity (Wildman–Crippen MR) is 73.3 cm³/mol. The molecule has 0 aromatic carbocycles. The van der Waals surface area contributed by atoms with Crippen molar-refractivity contribution in [3.8, 4) is 0 Å². The summed E-state index contributed by atoms with van der Waals surface area (Å²) >= 11 is 0. The van der Waals surface area contributed by atoms with Crippen LogP contribution in [0.3, 0.4) is 0 Å². The number of rotatable bonds is 3. The molecule has 0 aromatic rings. The van der Waals surface area contributed by atoms with Crippen molar-refractivity contribution in [1.82, 2.24) is 9.80 Å². The molecule has 3 aliphatic heterocycles. The number of likely N-dealkylation sites (tertiary alicyclic amines) is 1. The summed E-state index contributed by atoms with van der Waals surface area (Å²) in [7, 11) is 0. The van der Waals surface area contributed by atoms with Crippen LogP contribution in [0.4, 0.5) is 0 Å². The van der Waals surface area contributed by atoms with Crippen LogP contribution in [0.1, 0.15) is 19.3 Å². The molecule has 1 amide bonds. The van der Waals surface area contributed by atoms with Gasteiger partial charge >= 0.3 is 0 Å². The minimum absolute atomic E-state index is 0.0855. The molecular weight excluding hydrogens is 256 g/mol. The Hall–Kier alpha value is -0.650. The van der Waals surface area contributed by atoms with E-state index in [9.17, 15) is 4.79 Å². The molecule has 112 valence electrons. The van der Waals surface area contributed by atoms with Gasteiger partial charge in [0.15, 0.2) is 0 Å². The Morgan fingerprint density at radius 2 is 1.95 bits per heavy atom. The average Bonchev–Trinajstić information content (AvgIpc) is 3.23. The Kier molecular flexibility index (Phi) is 3.44. The standard InChI is InChI=1S/C15H24N2O3/c18-15(17-3-5-19-6-4-17)13-7-12-9-16(8-11-1-2-11)10-14(13)20-12/h11-14H,1-10H2/t12-,13+,14+/m0/s1. The fourth-order valence-corrected chi connectivity index (χ4v) is 3.83. The van der Waals surface area contributed by atoms with Gasteiger partial charge in [0.1, 0.15) is 0 Å². The molecule has 1 saturated carbocycles. The first kappa shape index (κ1) is 13.0. The van der Waals surface area contributed by atoms with Crippen molar-refractivity contribution in [1.29, 1.82) is 0 Å². The maximum Gasteiger partial charge on any atom is 0.228 e. The molecule has 4 fully saturated rings. The lowest BCUT2D eigenvalue weighted by molar-refractivity contribution is -0.142. The average molecular weight is 280 g/mol. The molecule has 0 aromatic heterocycles. The van der Waals surface area contributed by atoms with Gasteiger partial charge in [-0.1, -0.05) is 0 Å². The van der Waals surface area contributed by atoms with Crippen LogP contribution in [0.25, 0.3) is 0 Å². The van der Waals surface area contributed by atoms with E-state index in [0.29, 0.717) is 19.1 Å². The van der Waals surface area contributed by atoms with E-state index in [2.05, 4.69) is 4.90 Å². The predicted octanol–water partition coefficient (Wildman–Crippen LogP) is 0.345. The van der Waals surface area contributed by atoms with Gasteiger partial charge in [-0.3, -0.25) is 9.69 Å². The SMILES string of the molecule is O=C([C@@H]1C[C@H]2CN(CC3CC3)C[C@H]1O2)N1CCOCC1. The zero-order valence-electron chi connectivity index (χ0n) is 12.0. The molecule has 3 heterocycles. The largest absolute Gasteiger partial charge is 0.378 e. The summed E-state index contributed by atoms with van der Waals surface area (Å²) in [6.07, 6.45) is 4.11. The van der Waals surface area contributed by atoms with E-state index >= 15 is 0 Å². The Labute approximate surface area is 120 Å². The van der Waals surface area contributed by atoms with E-state index in [4.69, 9.17) is 9.47 Å². The van der Waals surface area contributed by atoms with Gasteiger partial charge in [-0.15, -0.1) is 0 Å². The van der Waals surface area contributed by atoms with E-state index in [0.717, 1.165) is 38.5 Å². The molecular formula is C15H24N2O3. The van der Waals surface area contributed by atoms with Gasteiger partial charge < -0.3 is 14.4 Å². The molecule has 20 heavy (non-hydrogen) atoms. The Morgan fingerprint density at radius 3 is 2.70 bits per heavy atom. The number of fused-ring (bicyclic) bond motifs is 2. The number of hydrogen-bond acceptors (Lipinski definition) is 4. The Balaban J connectivity index is 1.38. The number of nitrogens with zero attached hydrogens (tertiary/aromatic N) is 2. The summed E-state index contributed by atoms with van der Waals surface area (Å²) < 4.78 is 11.4. The van der Waals surface area contributed by atoms with E-state index in [-0.39, 0.29) is 18.1 Å². The third-order valence-electron chi connectivity index (χ3n) is 5.09. The summed E-state index contributed by atoms with van der Waals surface area (Å²) in [4.78, 5) is 17.2. The van der Waals surface area contributed by atoms with Crippen LogP contribution in [0, 0.1) is 11.8 Å². The fraction of sp³-hybridized carbons (Fsp3) is 0.933. The lowest BCUT2D eigenvalue weighted by Gasteiger charge is -2.34. The zero-order valence-corrected chi connectivity index (χ0v) is 12.0. The van der Waals surface area contributed by atoms with Crippen molar-refractivity contribution < 1.29 is 14.3 Å². The minimum atomic E-state index is 0.0855. The monoisotopic (exact) mass is 280 g/mol. The first-order valence-corrected chi connectivity index (χ1v) is 8.04. The summed E-state index contributed by atoms with van der Waals surface area (Å²) in [5.74, 6) is 1.30. The van der Waals surface area contributed by atoms with Crippen LogP contribution in [0.15, 0.2) is 0 Å². The summed E-state index contributed by atoms with van der Waals surface area (Å²) in [5.41, 5.74) is 0. The third kappa shape index (κ3) is 2.59. The highest BCUT2D eigenvalue weighted by Crippen LogP contribution is 2.36. The molecule has 4 aliphatic rings. The first-order valence-electron chi connectivity index (χ1n) is 8.04. The van der Waals surface area contributed by atoms with Gasteiger partial charge in [-0.2, -0.15) is 0 Å². The highest BCUT2D eigenvalue weighted by molar-refractivity contribution is 5.80. The van der Waals surface area contributed by atoms with E-state index in [1.807, 2.05) is 4.90 Å². The molecule has 2 bridgehead atoms. The van der Waals surface area contributed by atoms with Gasteiger partial charge in [-0.05, 0) is 25.2 Å². The van der Waals surface area contributed by atoms with Crippen LogP contribution in [0.5, 0.6) is 0 Å². The second kappa shape index (κ2) is 5.28. The number of carbonyl (C=O) groups excluding carboxylic acids is 1. The van der Waals surface area contributed by atoms with Gasteiger partial charge in [-0.25, -0.2) is 0 Å². The molecule has 0 radical (unpaired) electrons. The highest BCUT2D eigenvalue weighted by Gasteiger charge is 2.46. The van der Waals surface area contributed by atoms with Crippen LogP contribution in [-0.4, -0.2) is 73.9 Å². The maximum atomic E-state index is 12.7. The zero-order chi connectivity index (χ0) is 13.5. The second-order valence-electron chi connectivity index (χ2n) is 6.74. The second-order valence-corrected chi connectivity index (χ2v) is 6.74. The van der Waals surface area contributed by atoms with E-state index in [1.165, 1.54) is 19.4 Å². The van der Waals surface area contributed by atoms with E-state index in [1.54, 1.807) is 0 Å². The number of carbonyl (C=O) groups is 1. The Morgan fingerprint density at radius 1 is 1.15 bits per heavy atom. The van der Waals surface area contributed by atoms with Gasteiger partial charge in [0, 0.05) is 32.7 Å². The Bertz CT molecular complexity index is 379. The lowest BCUT2D eigenvalue weighted by atomic mass is 9.98. The number of ether oxygens (including phenoxy) is 2. The molecule has 3 atom stereocenters. The maximum absolute atomic E-state index is 12.7. The van der Waals surface area contributed by atoms with Crippen molar-refractivity contribution in [2.75, 3.05) is 45.9 Å². The summed E-state index contributed by atoms with van der Waals surface area (Å²) in [5, 5.41) is 0. The van der Waals surface area contributed by atoms with Crippen molar-refractivity contribution in [3.63, 3.8) is 0 Å². The first-order chi connectivity index (χ1) is 9.79. The fourth-order valence-electron chi connectivity index (χ4n) is 3.83. The molecule has 5 heteroatoms. The lowest BCUT2D eigenvalue weighted by Crippen LogP contribution is -2.48. The molecule has 0 unspecified atom stereocenters. The van der Waals surface area contributed by atoms with Crippen molar-refractivity contribution in [3.05, 3.63) is 0 Å². The molecule has 5 nitrogen and oxygen atoms in total. The minimum Gasteiger partial charge on any atom is -0.378 e. The molecule has 0 N–H and O–H groups in total. The van der Waals surface area contributed by atoms with Crippen molar-refractivity contribution >= 4 is 5.91 Å². The van der Waals surface area contributed by atoms with Gasteiger partial charge in [0.25, 0.3) is 0 Å². The van der Waals surface area contributed by atoms with Gasteiger partial charge in [0.2, 0.25) is 5.91 Å². The smallest absolute Gasteiger partial charge is 0.228 e. The molecule has 4 rings (SSSR count). The highest BCUT2D eigenvalue weighted by atomic mass is 16.5. The van der Waals surface area contributed by atoms with Crippen LogP contribution in [-0.2, 0) is 14.3 Å². The number of hydrogen-bond donors (Lipinski definition) is 0. The van der Waals surface area contributed by atoms with E-state index < -0.39 is 0 Å². The van der Waals surface area contributed by atoms with Crippen molar-refractivity contribution in [2.24, 2.45) is 11.8 Å². The van der Waals surface area contributed by atoms with Crippen LogP contribution in [0.2, 0.25) is 0 Å². The van der Waals surface area contributed by atoms with Gasteiger partial charge in [0.05, 0.1) is 31.3 Å². The quantitative estimate of drug-likeness (QED) is 0.748. The third-order valence-corrected chi connectivity index (χ3v) is 5.09. The van der Waals surface area contributed by atoms with Crippen LogP contribution < -0.4 is 0 Å². The summed E-state index contributed by atoms with van der Waals surface area (Å²) in [6.45, 7) is 6.06. The molecule has 0 spiro atoms.